The lowest BCUT2D eigenvalue weighted by Crippen LogP contribution is -2.38. The first kappa shape index (κ1) is 11.4. The van der Waals surface area contributed by atoms with Gasteiger partial charge in [0.15, 0.2) is 0 Å². The van der Waals surface area contributed by atoms with Crippen molar-refractivity contribution in [3.05, 3.63) is 29.3 Å². The van der Waals surface area contributed by atoms with E-state index >= 15 is 0 Å². The number of carbonyl (C=O) groups excluding carboxylic acids is 1. The predicted molar refractivity (Wildman–Crippen MR) is 59.3 cm³/mol. The maximum absolute atomic E-state index is 10.6. The van der Waals surface area contributed by atoms with Gasteiger partial charge in [0, 0.05) is 15.7 Å². The molecule has 5 heteroatoms. The first-order chi connectivity index (χ1) is 6.59. The molecule has 0 aromatic heterocycles. The summed E-state index contributed by atoms with van der Waals surface area (Å²) in [5.41, 5.74) is 10.5. The predicted octanol–water partition coefficient (Wildman–Crippen LogP) is 1.24. The second-order valence-electron chi connectivity index (χ2n) is 2.77. The number of primary amides is 1. The fourth-order valence-corrected chi connectivity index (χ4v) is 1.79. The Morgan fingerprint density at radius 3 is 2.50 bits per heavy atom. The molecule has 1 aromatic rings. The lowest BCUT2D eigenvalue weighted by atomic mass is 10.3. The van der Waals surface area contributed by atoms with E-state index in [0.29, 0.717) is 10.8 Å². The molecule has 3 nitrogen and oxygen atoms in total. The van der Waals surface area contributed by atoms with E-state index in [1.54, 1.807) is 12.1 Å². The molecular weight excluding hydrogens is 220 g/mol. The van der Waals surface area contributed by atoms with Gasteiger partial charge >= 0.3 is 0 Å². The first-order valence-corrected chi connectivity index (χ1v) is 5.39. The second-order valence-corrected chi connectivity index (χ2v) is 4.30. The third-order valence-electron chi connectivity index (χ3n) is 1.61. The van der Waals surface area contributed by atoms with Crippen LogP contribution in [0.1, 0.15) is 0 Å². The number of amides is 1. The fraction of sp³-hybridized carbons (Fsp3) is 0.222. The van der Waals surface area contributed by atoms with Gasteiger partial charge in [-0.15, -0.1) is 11.8 Å². The Bertz CT molecular complexity index is 315. The zero-order valence-electron chi connectivity index (χ0n) is 7.44. The summed E-state index contributed by atoms with van der Waals surface area (Å²) in [6.45, 7) is 0. The number of halogens is 1. The van der Waals surface area contributed by atoms with E-state index in [-0.39, 0.29) is 0 Å². The molecule has 0 saturated carbocycles. The number of carbonyl (C=O) groups is 1. The molecule has 4 N–H and O–H groups in total. The third-order valence-corrected chi connectivity index (χ3v) is 2.99. The van der Waals surface area contributed by atoms with Gasteiger partial charge in [0.05, 0.1) is 6.04 Å². The molecule has 1 amide bonds. The number of rotatable bonds is 4. The molecule has 76 valence electrons. The minimum Gasteiger partial charge on any atom is -0.368 e. The van der Waals surface area contributed by atoms with Crippen LogP contribution in [0.25, 0.3) is 0 Å². The van der Waals surface area contributed by atoms with Crippen molar-refractivity contribution in [2.75, 3.05) is 5.75 Å². The molecule has 0 spiro atoms. The van der Waals surface area contributed by atoms with Crippen molar-refractivity contribution in [3.63, 3.8) is 0 Å². The van der Waals surface area contributed by atoms with Gasteiger partial charge in [0.2, 0.25) is 5.91 Å². The van der Waals surface area contributed by atoms with Crippen LogP contribution in [0.15, 0.2) is 29.2 Å². The SMILES string of the molecule is NC(=O)C(N)CSc1ccc(Cl)cc1. The molecule has 1 atom stereocenters. The normalized spacial score (nSPS) is 12.4. The summed E-state index contributed by atoms with van der Waals surface area (Å²) in [5.74, 6) is 0.00297. The lowest BCUT2D eigenvalue weighted by Gasteiger charge is -2.06. The van der Waals surface area contributed by atoms with Crippen LogP contribution in [0.4, 0.5) is 0 Å². The number of hydrogen-bond acceptors (Lipinski definition) is 3. The average Bonchev–Trinajstić information content (AvgIpc) is 2.16. The second kappa shape index (κ2) is 5.24. The highest BCUT2D eigenvalue weighted by Crippen LogP contribution is 2.20. The maximum Gasteiger partial charge on any atom is 0.235 e. The Kier molecular flexibility index (Phi) is 4.25. The van der Waals surface area contributed by atoms with Crippen LogP contribution in [0.5, 0.6) is 0 Å². The van der Waals surface area contributed by atoms with Crippen molar-refractivity contribution in [1.82, 2.24) is 0 Å². The van der Waals surface area contributed by atoms with Gasteiger partial charge < -0.3 is 11.5 Å². The summed E-state index contributed by atoms with van der Waals surface area (Å²) in [4.78, 5) is 11.7. The Balaban J connectivity index is 2.46. The van der Waals surface area contributed by atoms with Gasteiger partial charge in [-0.2, -0.15) is 0 Å². The number of hydrogen-bond donors (Lipinski definition) is 2. The molecule has 0 aliphatic carbocycles. The van der Waals surface area contributed by atoms with Crippen LogP contribution >= 0.6 is 23.4 Å². The van der Waals surface area contributed by atoms with Crippen molar-refractivity contribution in [2.24, 2.45) is 11.5 Å². The van der Waals surface area contributed by atoms with E-state index in [9.17, 15) is 4.79 Å². The van der Waals surface area contributed by atoms with Gasteiger partial charge in [0.25, 0.3) is 0 Å². The van der Waals surface area contributed by atoms with Crippen molar-refractivity contribution >= 4 is 29.3 Å². The van der Waals surface area contributed by atoms with E-state index in [2.05, 4.69) is 0 Å². The van der Waals surface area contributed by atoms with Crippen LogP contribution in [-0.2, 0) is 4.79 Å². The summed E-state index contributed by atoms with van der Waals surface area (Å²) in [5, 5.41) is 0.688. The van der Waals surface area contributed by atoms with E-state index in [1.807, 2.05) is 12.1 Å². The van der Waals surface area contributed by atoms with E-state index in [0.717, 1.165) is 4.90 Å². The molecule has 0 fully saturated rings. The van der Waals surface area contributed by atoms with Crippen LogP contribution in [0.2, 0.25) is 5.02 Å². The molecule has 14 heavy (non-hydrogen) atoms. The van der Waals surface area contributed by atoms with Crippen molar-refractivity contribution in [2.45, 2.75) is 10.9 Å². The summed E-state index contributed by atoms with van der Waals surface area (Å²) >= 11 is 7.20. The Labute approximate surface area is 91.8 Å². The molecule has 0 bridgehead atoms. The summed E-state index contributed by atoms with van der Waals surface area (Å²) in [6, 6.07) is 6.73. The van der Waals surface area contributed by atoms with Gasteiger partial charge in [-0.1, -0.05) is 11.6 Å². The van der Waals surface area contributed by atoms with E-state index < -0.39 is 11.9 Å². The lowest BCUT2D eigenvalue weighted by molar-refractivity contribution is -0.118. The quantitative estimate of drug-likeness (QED) is 0.765. The Hall–Kier alpha value is -0.710. The average molecular weight is 231 g/mol. The molecular formula is C9H11ClN2OS. The van der Waals surface area contributed by atoms with Crippen LogP contribution in [0.3, 0.4) is 0 Å². The molecule has 1 unspecified atom stereocenters. The minimum absolute atomic E-state index is 0.480. The first-order valence-electron chi connectivity index (χ1n) is 4.03. The smallest absolute Gasteiger partial charge is 0.235 e. The van der Waals surface area contributed by atoms with Crippen molar-refractivity contribution < 1.29 is 4.79 Å². The number of nitrogens with two attached hydrogens (primary N) is 2. The molecule has 0 heterocycles. The van der Waals surface area contributed by atoms with E-state index in [4.69, 9.17) is 23.1 Å². The van der Waals surface area contributed by atoms with Crippen LogP contribution in [0, 0.1) is 0 Å². The Morgan fingerprint density at radius 1 is 1.43 bits per heavy atom. The van der Waals surface area contributed by atoms with Crippen LogP contribution < -0.4 is 11.5 Å². The maximum atomic E-state index is 10.6. The highest BCUT2D eigenvalue weighted by molar-refractivity contribution is 7.99. The molecule has 0 radical (unpaired) electrons. The van der Waals surface area contributed by atoms with Gasteiger partial charge in [-0.05, 0) is 24.3 Å². The number of thioether (sulfide) groups is 1. The molecule has 0 saturated heterocycles. The highest BCUT2D eigenvalue weighted by Gasteiger charge is 2.08. The van der Waals surface area contributed by atoms with Gasteiger partial charge in [-0.25, -0.2) is 0 Å². The van der Waals surface area contributed by atoms with Gasteiger partial charge in [-0.3, -0.25) is 4.79 Å². The van der Waals surface area contributed by atoms with Crippen molar-refractivity contribution in [3.8, 4) is 0 Å². The monoisotopic (exact) mass is 230 g/mol. The summed E-state index contributed by atoms with van der Waals surface area (Å²) in [6.07, 6.45) is 0. The third kappa shape index (κ3) is 3.57. The van der Waals surface area contributed by atoms with Crippen molar-refractivity contribution in [1.29, 1.82) is 0 Å². The summed E-state index contributed by atoms with van der Waals surface area (Å²) < 4.78 is 0. The Morgan fingerprint density at radius 2 is 2.00 bits per heavy atom. The molecule has 1 rings (SSSR count). The number of benzene rings is 1. The highest BCUT2D eigenvalue weighted by atomic mass is 35.5. The molecule has 0 aliphatic heterocycles. The van der Waals surface area contributed by atoms with Gasteiger partial charge in [0.1, 0.15) is 0 Å². The fourth-order valence-electron chi connectivity index (χ4n) is 0.799. The summed E-state index contributed by atoms with van der Waals surface area (Å²) in [7, 11) is 0. The topological polar surface area (TPSA) is 69.1 Å². The zero-order valence-corrected chi connectivity index (χ0v) is 9.02. The molecule has 0 aliphatic rings. The largest absolute Gasteiger partial charge is 0.368 e. The standard InChI is InChI=1S/C9H11ClN2OS/c10-6-1-3-7(4-2-6)14-5-8(11)9(12)13/h1-4,8H,5,11H2,(H2,12,13). The molecule has 1 aromatic carbocycles. The van der Waals surface area contributed by atoms with E-state index in [1.165, 1.54) is 11.8 Å². The van der Waals surface area contributed by atoms with Crippen LogP contribution in [-0.4, -0.2) is 17.7 Å². The minimum atomic E-state index is -0.601. The zero-order chi connectivity index (χ0) is 10.6.